The van der Waals surface area contributed by atoms with E-state index in [0.717, 1.165) is 22.0 Å². The smallest absolute Gasteiger partial charge is 0.282 e. The molecule has 0 bridgehead atoms. The third-order valence-corrected chi connectivity index (χ3v) is 6.09. The molecule has 1 aromatic heterocycles. The van der Waals surface area contributed by atoms with Crippen molar-refractivity contribution >= 4 is 33.0 Å². The Labute approximate surface area is 201 Å². The third kappa shape index (κ3) is 5.22. The normalized spacial score (nSPS) is 12.4. The molecule has 0 saturated carbocycles. The highest BCUT2D eigenvalue weighted by Gasteiger charge is 2.15. The fraction of sp³-hybridized carbons (Fsp3) is 0.222. The zero-order valence-electron chi connectivity index (χ0n) is 19.0. The Morgan fingerprint density at radius 1 is 1.12 bits per heavy atom. The molecular formula is C27H26BrN3O2. The van der Waals surface area contributed by atoms with Crippen LogP contribution in [0.3, 0.4) is 0 Å². The number of benzene rings is 3. The van der Waals surface area contributed by atoms with Crippen molar-refractivity contribution in [3.63, 3.8) is 0 Å². The maximum Gasteiger partial charge on any atom is 0.282 e. The first-order chi connectivity index (χ1) is 16.0. The topological polar surface area (TPSA) is 56.5 Å². The van der Waals surface area contributed by atoms with Crippen LogP contribution in [0.15, 0.2) is 81.1 Å². The maximum atomic E-state index is 13.3. The molecule has 0 fully saturated rings. The fourth-order valence-electron chi connectivity index (χ4n) is 3.58. The van der Waals surface area contributed by atoms with Crippen LogP contribution in [0.2, 0.25) is 0 Å². The molecule has 33 heavy (non-hydrogen) atoms. The quantitative estimate of drug-likeness (QED) is 0.272. The van der Waals surface area contributed by atoms with E-state index in [1.807, 2.05) is 48.5 Å². The Hall–Kier alpha value is -3.25. The van der Waals surface area contributed by atoms with Crippen molar-refractivity contribution in [2.75, 3.05) is 0 Å². The van der Waals surface area contributed by atoms with Gasteiger partial charge in [0.15, 0.2) is 0 Å². The molecule has 0 aliphatic carbocycles. The van der Waals surface area contributed by atoms with Crippen LogP contribution in [-0.4, -0.2) is 15.9 Å². The van der Waals surface area contributed by atoms with E-state index in [2.05, 4.69) is 53.9 Å². The summed E-state index contributed by atoms with van der Waals surface area (Å²) in [5.41, 5.74) is 3.57. The van der Waals surface area contributed by atoms with Gasteiger partial charge in [-0.15, -0.1) is 0 Å². The number of hydrogen-bond acceptors (Lipinski definition) is 4. The van der Waals surface area contributed by atoms with Gasteiger partial charge in [0.1, 0.15) is 18.2 Å². The minimum Gasteiger partial charge on any atom is -0.488 e. The molecule has 0 spiro atoms. The summed E-state index contributed by atoms with van der Waals surface area (Å²) in [5, 5.41) is 5.10. The summed E-state index contributed by atoms with van der Waals surface area (Å²) in [6.07, 6.45) is 2.52. The second-order valence-electron chi connectivity index (χ2n) is 8.12. The molecule has 6 heteroatoms. The molecule has 0 aliphatic heterocycles. The number of nitrogens with zero attached hydrogens (tertiary/aromatic N) is 3. The number of aromatic nitrogens is 2. The van der Waals surface area contributed by atoms with Crippen molar-refractivity contribution in [1.29, 1.82) is 0 Å². The number of para-hydroxylation sites is 1. The zero-order chi connectivity index (χ0) is 23.4. The molecule has 1 heterocycles. The first-order valence-corrected chi connectivity index (χ1v) is 11.8. The van der Waals surface area contributed by atoms with Crippen LogP contribution in [0.5, 0.6) is 5.75 Å². The van der Waals surface area contributed by atoms with E-state index in [4.69, 9.17) is 9.72 Å². The lowest BCUT2D eigenvalue weighted by Gasteiger charge is -2.14. The van der Waals surface area contributed by atoms with Crippen LogP contribution in [-0.2, 0) is 6.61 Å². The minimum atomic E-state index is -0.189. The lowest BCUT2D eigenvalue weighted by Crippen LogP contribution is -2.23. The number of rotatable bonds is 7. The highest BCUT2D eigenvalue weighted by atomic mass is 79.9. The average molecular weight is 504 g/mol. The van der Waals surface area contributed by atoms with Gasteiger partial charge in [-0.25, -0.2) is 4.98 Å². The summed E-state index contributed by atoms with van der Waals surface area (Å²) in [7, 11) is 0. The number of fused-ring (bicyclic) bond motifs is 1. The summed E-state index contributed by atoms with van der Waals surface area (Å²) >= 11 is 3.45. The molecule has 168 valence electrons. The molecule has 0 unspecified atom stereocenters. The van der Waals surface area contributed by atoms with Crippen molar-refractivity contribution in [3.05, 3.63) is 104 Å². The lowest BCUT2D eigenvalue weighted by molar-refractivity contribution is 0.305. The monoisotopic (exact) mass is 503 g/mol. The number of hydrogen-bond donors (Lipinski definition) is 0. The Kier molecular flexibility index (Phi) is 7.04. The van der Waals surface area contributed by atoms with Crippen molar-refractivity contribution in [2.45, 2.75) is 39.7 Å². The average Bonchev–Trinajstić information content (AvgIpc) is 2.82. The van der Waals surface area contributed by atoms with Gasteiger partial charge in [0.05, 0.1) is 17.1 Å². The molecule has 3 aromatic carbocycles. The number of aryl methyl sites for hydroxylation is 1. The maximum absolute atomic E-state index is 13.3. The second kappa shape index (κ2) is 10.1. The van der Waals surface area contributed by atoms with Crippen LogP contribution >= 0.6 is 15.9 Å². The second-order valence-corrected chi connectivity index (χ2v) is 9.03. The molecular weight excluding hydrogens is 478 g/mol. The fourth-order valence-corrected chi connectivity index (χ4v) is 3.94. The van der Waals surface area contributed by atoms with E-state index in [1.54, 1.807) is 12.3 Å². The SMILES string of the molecule is CC[C@H](C)c1nc2ccc(Br)cc2c(=O)n1N=Cc1ccccc1OCc1cccc(C)c1. The molecule has 1 atom stereocenters. The summed E-state index contributed by atoms with van der Waals surface area (Å²) in [6, 6.07) is 21.5. The van der Waals surface area contributed by atoms with Crippen LogP contribution in [0, 0.1) is 6.92 Å². The van der Waals surface area contributed by atoms with Gasteiger partial charge in [0, 0.05) is 16.0 Å². The van der Waals surface area contributed by atoms with Gasteiger partial charge in [-0.1, -0.05) is 71.7 Å². The van der Waals surface area contributed by atoms with Crippen molar-refractivity contribution in [2.24, 2.45) is 5.10 Å². The standard InChI is InChI=1S/C27H26BrN3O2/c1-4-19(3)26-30-24-13-12-22(28)15-23(24)27(32)31(26)29-16-21-10-5-6-11-25(21)33-17-20-9-7-8-18(2)14-20/h5-16,19H,4,17H2,1-3H3/t19-/m0/s1. The van der Waals surface area contributed by atoms with Crippen molar-refractivity contribution < 1.29 is 4.74 Å². The first kappa shape index (κ1) is 22.9. The predicted octanol–water partition coefficient (Wildman–Crippen LogP) is 6.44. The van der Waals surface area contributed by atoms with E-state index in [-0.39, 0.29) is 11.5 Å². The summed E-state index contributed by atoms with van der Waals surface area (Å²) in [4.78, 5) is 18.1. The predicted molar refractivity (Wildman–Crippen MR) is 137 cm³/mol. The first-order valence-electron chi connectivity index (χ1n) is 11.0. The van der Waals surface area contributed by atoms with Gasteiger partial charge >= 0.3 is 0 Å². The summed E-state index contributed by atoms with van der Waals surface area (Å²) < 4.78 is 8.33. The Morgan fingerprint density at radius 2 is 1.94 bits per heavy atom. The summed E-state index contributed by atoms with van der Waals surface area (Å²) in [6.45, 7) is 6.64. The van der Waals surface area contributed by atoms with Gasteiger partial charge in [-0.05, 0) is 49.2 Å². The van der Waals surface area contributed by atoms with Crippen LogP contribution < -0.4 is 10.3 Å². The molecule has 5 nitrogen and oxygen atoms in total. The third-order valence-electron chi connectivity index (χ3n) is 5.59. The minimum absolute atomic E-state index is 0.0794. The Bertz CT molecular complexity index is 1380. The van der Waals surface area contributed by atoms with Gasteiger partial charge in [-0.2, -0.15) is 9.78 Å². The van der Waals surface area contributed by atoms with Gasteiger partial charge in [0.2, 0.25) is 0 Å². The molecule has 4 rings (SSSR count). The van der Waals surface area contributed by atoms with E-state index in [9.17, 15) is 4.79 Å². The van der Waals surface area contributed by atoms with Crippen LogP contribution in [0.1, 0.15) is 48.7 Å². The number of halogens is 1. The molecule has 0 radical (unpaired) electrons. The lowest BCUT2D eigenvalue weighted by atomic mass is 10.1. The van der Waals surface area contributed by atoms with E-state index < -0.39 is 0 Å². The molecule has 0 saturated heterocycles. The van der Waals surface area contributed by atoms with Crippen LogP contribution in [0.25, 0.3) is 10.9 Å². The van der Waals surface area contributed by atoms with Crippen molar-refractivity contribution in [1.82, 2.24) is 9.66 Å². The molecule has 0 amide bonds. The van der Waals surface area contributed by atoms with E-state index >= 15 is 0 Å². The Morgan fingerprint density at radius 3 is 2.73 bits per heavy atom. The van der Waals surface area contributed by atoms with Crippen LogP contribution in [0.4, 0.5) is 0 Å². The summed E-state index contributed by atoms with van der Waals surface area (Å²) in [5.74, 6) is 1.43. The molecule has 4 aromatic rings. The largest absolute Gasteiger partial charge is 0.488 e. The Balaban J connectivity index is 1.71. The van der Waals surface area contributed by atoms with E-state index in [0.29, 0.717) is 29.1 Å². The van der Waals surface area contributed by atoms with Gasteiger partial charge in [-0.3, -0.25) is 4.79 Å². The molecule has 0 N–H and O–H groups in total. The zero-order valence-corrected chi connectivity index (χ0v) is 20.5. The van der Waals surface area contributed by atoms with Gasteiger partial charge in [0.25, 0.3) is 5.56 Å². The number of ether oxygens (including phenoxy) is 1. The highest BCUT2D eigenvalue weighted by molar-refractivity contribution is 9.10. The highest BCUT2D eigenvalue weighted by Crippen LogP contribution is 2.22. The van der Waals surface area contributed by atoms with Crippen molar-refractivity contribution in [3.8, 4) is 5.75 Å². The van der Waals surface area contributed by atoms with E-state index in [1.165, 1.54) is 10.2 Å². The van der Waals surface area contributed by atoms with Gasteiger partial charge < -0.3 is 4.74 Å². The molecule has 0 aliphatic rings.